The second-order valence-electron chi connectivity index (χ2n) is 4.22. The normalized spacial score (nSPS) is 10.8. The molecule has 0 bridgehead atoms. The summed E-state index contributed by atoms with van der Waals surface area (Å²) in [7, 11) is 0. The van der Waals surface area contributed by atoms with Crippen molar-refractivity contribution in [2.75, 3.05) is 0 Å². The summed E-state index contributed by atoms with van der Waals surface area (Å²) >= 11 is 0. The molecular weight excluding hydrogens is 319 g/mol. The van der Waals surface area contributed by atoms with Gasteiger partial charge in [0.1, 0.15) is 12.8 Å². The average molecular weight is 325 g/mol. The predicted molar refractivity (Wildman–Crippen MR) is 68.7 cm³/mol. The highest BCUT2D eigenvalue weighted by molar-refractivity contribution is 5.79. The fourth-order valence-electron chi connectivity index (χ4n) is 1.62. The SMILES string of the molecule is N#Cc1cccc(/[C]=N\OCc2c(F)c(F)c(F)c(F)c2F)c1. The molecule has 0 saturated carbocycles. The second kappa shape index (κ2) is 6.87. The van der Waals surface area contributed by atoms with Gasteiger partial charge in [-0.05, 0) is 12.1 Å². The number of hydrogen-bond donors (Lipinski definition) is 0. The van der Waals surface area contributed by atoms with Gasteiger partial charge in [0.2, 0.25) is 5.82 Å². The Morgan fingerprint density at radius 1 is 0.913 bits per heavy atom. The van der Waals surface area contributed by atoms with Gasteiger partial charge >= 0.3 is 0 Å². The average Bonchev–Trinajstić information content (AvgIpc) is 2.57. The molecule has 0 unspecified atom stereocenters. The van der Waals surface area contributed by atoms with Gasteiger partial charge in [0.25, 0.3) is 0 Å². The van der Waals surface area contributed by atoms with Gasteiger partial charge in [0, 0.05) is 5.56 Å². The van der Waals surface area contributed by atoms with Crippen LogP contribution in [-0.2, 0) is 11.4 Å². The van der Waals surface area contributed by atoms with Crippen molar-refractivity contribution < 1.29 is 26.8 Å². The van der Waals surface area contributed by atoms with Gasteiger partial charge in [-0.15, -0.1) is 0 Å². The van der Waals surface area contributed by atoms with Gasteiger partial charge in [-0.25, -0.2) is 22.0 Å². The molecule has 1 radical (unpaired) electrons. The van der Waals surface area contributed by atoms with Crippen LogP contribution in [-0.4, -0.2) is 6.21 Å². The van der Waals surface area contributed by atoms with Crippen molar-refractivity contribution in [3.8, 4) is 6.07 Å². The molecule has 0 atom stereocenters. The topological polar surface area (TPSA) is 45.4 Å². The first-order valence-electron chi connectivity index (χ1n) is 6.04. The fourth-order valence-corrected chi connectivity index (χ4v) is 1.62. The van der Waals surface area contributed by atoms with E-state index in [4.69, 9.17) is 5.26 Å². The summed E-state index contributed by atoms with van der Waals surface area (Å²) in [6.07, 6.45) is 2.31. The summed E-state index contributed by atoms with van der Waals surface area (Å²) < 4.78 is 65.5. The van der Waals surface area contributed by atoms with Crippen LogP contribution in [0.3, 0.4) is 0 Å². The summed E-state index contributed by atoms with van der Waals surface area (Å²) in [4.78, 5) is 4.50. The van der Waals surface area contributed by atoms with Crippen LogP contribution in [0.5, 0.6) is 0 Å². The standard InChI is InChI=1S/C15H6F5N2O/c16-11-10(12(17)14(19)15(20)13(11)18)7-23-22-6-9-3-1-2-8(4-9)5-21/h1-4H,7H2. The highest BCUT2D eigenvalue weighted by Crippen LogP contribution is 2.23. The van der Waals surface area contributed by atoms with Crippen LogP contribution in [0.15, 0.2) is 29.4 Å². The van der Waals surface area contributed by atoms with E-state index >= 15 is 0 Å². The molecule has 0 heterocycles. The Kier molecular flexibility index (Phi) is 4.91. The zero-order valence-electron chi connectivity index (χ0n) is 11.2. The van der Waals surface area contributed by atoms with E-state index in [2.05, 4.69) is 16.2 Å². The summed E-state index contributed by atoms with van der Waals surface area (Å²) in [6, 6.07) is 7.87. The molecule has 117 valence electrons. The Morgan fingerprint density at radius 2 is 1.48 bits per heavy atom. The van der Waals surface area contributed by atoms with Crippen LogP contribution in [0, 0.1) is 40.4 Å². The first-order valence-corrected chi connectivity index (χ1v) is 6.04. The smallest absolute Gasteiger partial charge is 0.200 e. The zero-order valence-corrected chi connectivity index (χ0v) is 11.2. The number of hydrogen-bond acceptors (Lipinski definition) is 3. The minimum atomic E-state index is -2.24. The fraction of sp³-hybridized carbons (Fsp3) is 0.0667. The molecule has 3 nitrogen and oxygen atoms in total. The molecule has 23 heavy (non-hydrogen) atoms. The molecule has 0 amide bonds. The van der Waals surface area contributed by atoms with Crippen LogP contribution >= 0.6 is 0 Å². The van der Waals surface area contributed by atoms with Gasteiger partial charge < -0.3 is 4.84 Å². The molecule has 0 saturated heterocycles. The van der Waals surface area contributed by atoms with Gasteiger partial charge in [0.15, 0.2) is 23.3 Å². The largest absolute Gasteiger partial charge is 0.390 e. The Bertz CT molecular complexity index is 785. The lowest BCUT2D eigenvalue weighted by Crippen LogP contribution is -2.07. The molecule has 2 aromatic carbocycles. The lowest BCUT2D eigenvalue weighted by atomic mass is 10.1. The quantitative estimate of drug-likeness (QED) is 0.283. The van der Waals surface area contributed by atoms with Crippen LogP contribution in [0.2, 0.25) is 0 Å². The molecular formula is C15H6F5N2O. The molecule has 0 spiro atoms. The second-order valence-corrected chi connectivity index (χ2v) is 4.22. The minimum absolute atomic E-state index is 0.324. The number of nitriles is 1. The third kappa shape index (κ3) is 3.45. The highest BCUT2D eigenvalue weighted by atomic mass is 19.2. The predicted octanol–water partition coefficient (Wildman–Crippen LogP) is 3.68. The molecule has 2 rings (SSSR count). The van der Waals surface area contributed by atoms with Crippen molar-refractivity contribution in [3.05, 3.63) is 70.0 Å². The van der Waals surface area contributed by atoms with E-state index < -0.39 is 41.3 Å². The molecule has 0 fully saturated rings. The number of nitrogens with zero attached hydrogens (tertiary/aromatic N) is 2. The Balaban J connectivity index is 2.13. The van der Waals surface area contributed by atoms with E-state index in [9.17, 15) is 22.0 Å². The first-order chi connectivity index (χ1) is 11.0. The Hall–Kier alpha value is -2.95. The lowest BCUT2D eigenvalue weighted by Gasteiger charge is -2.06. The van der Waals surface area contributed by atoms with E-state index in [1.54, 1.807) is 6.07 Å². The van der Waals surface area contributed by atoms with Gasteiger partial charge in [-0.3, -0.25) is 0 Å². The van der Waals surface area contributed by atoms with Crippen LogP contribution in [0.4, 0.5) is 22.0 Å². The minimum Gasteiger partial charge on any atom is -0.390 e. The van der Waals surface area contributed by atoms with E-state index in [0.29, 0.717) is 11.1 Å². The van der Waals surface area contributed by atoms with Crippen molar-refractivity contribution in [1.82, 2.24) is 0 Å². The monoisotopic (exact) mass is 325 g/mol. The van der Waals surface area contributed by atoms with Crippen molar-refractivity contribution in [1.29, 1.82) is 5.26 Å². The van der Waals surface area contributed by atoms with E-state index in [-0.39, 0.29) is 0 Å². The molecule has 0 aliphatic carbocycles. The summed E-state index contributed by atoms with van der Waals surface area (Å²) in [5, 5.41) is 11.9. The Morgan fingerprint density at radius 3 is 2.09 bits per heavy atom. The highest BCUT2D eigenvalue weighted by Gasteiger charge is 2.25. The third-order valence-electron chi connectivity index (χ3n) is 2.74. The summed E-state index contributed by atoms with van der Waals surface area (Å²) in [5.41, 5.74) is -0.482. The number of rotatable bonds is 4. The molecule has 0 aromatic heterocycles. The van der Waals surface area contributed by atoms with E-state index in [1.807, 2.05) is 6.07 Å². The summed E-state index contributed by atoms with van der Waals surface area (Å²) in [6.45, 7) is -0.975. The molecule has 8 heteroatoms. The molecule has 0 aliphatic heterocycles. The van der Waals surface area contributed by atoms with Crippen LogP contribution in [0.1, 0.15) is 16.7 Å². The van der Waals surface area contributed by atoms with Gasteiger partial charge in [-0.1, -0.05) is 17.3 Å². The first kappa shape index (κ1) is 16.4. The van der Waals surface area contributed by atoms with Crippen molar-refractivity contribution in [3.63, 3.8) is 0 Å². The maximum Gasteiger partial charge on any atom is 0.200 e. The van der Waals surface area contributed by atoms with Gasteiger partial charge in [0.05, 0.1) is 17.2 Å². The lowest BCUT2D eigenvalue weighted by molar-refractivity contribution is 0.124. The van der Waals surface area contributed by atoms with Gasteiger partial charge in [-0.2, -0.15) is 5.26 Å². The van der Waals surface area contributed by atoms with Crippen molar-refractivity contribution in [2.45, 2.75) is 6.61 Å². The van der Waals surface area contributed by atoms with Crippen LogP contribution in [0.25, 0.3) is 0 Å². The third-order valence-corrected chi connectivity index (χ3v) is 2.74. The molecule has 0 aliphatic rings. The maximum absolute atomic E-state index is 13.4. The Labute approximate surface area is 127 Å². The van der Waals surface area contributed by atoms with Crippen LogP contribution < -0.4 is 0 Å². The van der Waals surface area contributed by atoms with Crippen molar-refractivity contribution >= 4 is 6.21 Å². The number of halogens is 5. The maximum atomic E-state index is 13.4. The molecule has 0 N–H and O–H groups in total. The number of benzene rings is 2. The van der Waals surface area contributed by atoms with Crippen molar-refractivity contribution in [2.24, 2.45) is 5.16 Å². The van der Waals surface area contributed by atoms with E-state index in [1.165, 1.54) is 18.2 Å². The zero-order chi connectivity index (χ0) is 17.0. The van der Waals surface area contributed by atoms with E-state index in [0.717, 1.165) is 0 Å². The summed E-state index contributed by atoms with van der Waals surface area (Å²) in [5.74, 6) is -10.3. The molecule has 2 aromatic rings.